The number of nitrogens with one attached hydrogen (secondary N) is 1. The topological polar surface area (TPSA) is 55.1 Å². The zero-order valence-electron chi connectivity index (χ0n) is 8.78. The number of nitrogens with zero attached hydrogens (tertiary/aromatic N) is 4. The van der Waals surface area contributed by atoms with E-state index in [9.17, 15) is 13.2 Å². The molecule has 2 rings (SSSR count). The molecule has 0 fully saturated rings. The standard InChI is InChI=1S/C9H10F3N5/c10-9(11,12)2-1-3-13-7-8-16-15-6-17(8)5-4-14-7/h4-6H,1-3H2,(H,13,14). The summed E-state index contributed by atoms with van der Waals surface area (Å²) in [6.07, 6.45) is -0.233. The highest BCUT2D eigenvalue weighted by molar-refractivity contribution is 5.61. The van der Waals surface area contributed by atoms with Gasteiger partial charge in [0.25, 0.3) is 0 Å². The van der Waals surface area contributed by atoms with Crippen molar-refractivity contribution in [1.82, 2.24) is 19.6 Å². The quantitative estimate of drug-likeness (QED) is 0.835. The lowest BCUT2D eigenvalue weighted by Crippen LogP contribution is -2.11. The highest BCUT2D eigenvalue weighted by Crippen LogP contribution is 2.21. The van der Waals surface area contributed by atoms with E-state index in [4.69, 9.17) is 0 Å². The summed E-state index contributed by atoms with van der Waals surface area (Å²) in [7, 11) is 0. The van der Waals surface area contributed by atoms with Crippen LogP contribution in [0, 0.1) is 0 Å². The Labute approximate surface area is 94.7 Å². The maximum Gasteiger partial charge on any atom is 0.389 e. The number of alkyl halides is 3. The molecule has 17 heavy (non-hydrogen) atoms. The van der Waals surface area contributed by atoms with Crippen LogP contribution >= 0.6 is 0 Å². The second kappa shape index (κ2) is 4.56. The van der Waals surface area contributed by atoms with E-state index in [1.54, 1.807) is 10.6 Å². The fourth-order valence-electron chi connectivity index (χ4n) is 1.38. The molecule has 1 N–H and O–H groups in total. The Hall–Kier alpha value is -1.86. The minimum absolute atomic E-state index is 0.000368. The van der Waals surface area contributed by atoms with Gasteiger partial charge in [0.05, 0.1) is 0 Å². The van der Waals surface area contributed by atoms with Gasteiger partial charge in [-0.25, -0.2) is 4.98 Å². The molecule has 8 heteroatoms. The maximum absolute atomic E-state index is 11.9. The second-order valence-corrected chi connectivity index (χ2v) is 3.48. The SMILES string of the molecule is FC(F)(F)CCCNc1nccn2cnnc12. The Morgan fingerprint density at radius 1 is 1.35 bits per heavy atom. The first-order valence-electron chi connectivity index (χ1n) is 5.01. The molecule has 2 aromatic rings. The van der Waals surface area contributed by atoms with Crippen molar-refractivity contribution in [1.29, 1.82) is 0 Å². The molecule has 0 saturated heterocycles. The van der Waals surface area contributed by atoms with Crippen LogP contribution in [0.5, 0.6) is 0 Å². The lowest BCUT2D eigenvalue weighted by molar-refractivity contribution is -0.134. The summed E-state index contributed by atoms with van der Waals surface area (Å²) < 4.78 is 37.4. The monoisotopic (exact) mass is 245 g/mol. The van der Waals surface area contributed by atoms with Crippen LogP contribution in [0.1, 0.15) is 12.8 Å². The second-order valence-electron chi connectivity index (χ2n) is 3.48. The number of fused-ring (bicyclic) bond motifs is 1. The van der Waals surface area contributed by atoms with Crippen molar-refractivity contribution >= 4 is 11.5 Å². The van der Waals surface area contributed by atoms with E-state index in [0.29, 0.717) is 11.5 Å². The summed E-state index contributed by atoms with van der Waals surface area (Å²) in [5.41, 5.74) is 0.500. The molecule has 0 amide bonds. The van der Waals surface area contributed by atoms with Gasteiger partial charge in [0.1, 0.15) is 6.33 Å². The molecule has 0 unspecified atom stereocenters. The molecule has 0 radical (unpaired) electrons. The van der Waals surface area contributed by atoms with Crippen LogP contribution < -0.4 is 5.32 Å². The van der Waals surface area contributed by atoms with Gasteiger partial charge in [0.15, 0.2) is 5.82 Å². The van der Waals surface area contributed by atoms with E-state index < -0.39 is 12.6 Å². The van der Waals surface area contributed by atoms with Gasteiger partial charge in [-0.05, 0) is 6.42 Å². The zero-order valence-corrected chi connectivity index (χ0v) is 8.78. The lowest BCUT2D eigenvalue weighted by Gasteiger charge is -2.07. The van der Waals surface area contributed by atoms with Gasteiger partial charge in [0.2, 0.25) is 5.65 Å². The number of anilines is 1. The molecule has 0 spiro atoms. The number of hydrogen-bond acceptors (Lipinski definition) is 4. The normalized spacial score (nSPS) is 11.9. The highest BCUT2D eigenvalue weighted by atomic mass is 19.4. The van der Waals surface area contributed by atoms with Gasteiger partial charge >= 0.3 is 6.18 Å². The molecule has 0 aliphatic carbocycles. The van der Waals surface area contributed by atoms with Crippen molar-refractivity contribution in [2.24, 2.45) is 0 Å². The summed E-state index contributed by atoms with van der Waals surface area (Å²) in [4.78, 5) is 4.00. The van der Waals surface area contributed by atoms with Crippen LogP contribution in [-0.4, -0.2) is 32.3 Å². The molecule has 0 aliphatic rings. The first-order chi connectivity index (χ1) is 8.06. The molecule has 5 nitrogen and oxygen atoms in total. The number of aromatic nitrogens is 4. The van der Waals surface area contributed by atoms with Gasteiger partial charge in [0, 0.05) is 25.4 Å². The van der Waals surface area contributed by atoms with E-state index in [2.05, 4.69) is 20.5 Å². The third kappa shape index (κ3) is 3.05. The summed E-state index contributed by atoms with van der Waals surface area (Å²) in [6, 6.07) is 0. The summed E-state index contributed by atoms with van der Waals surface area (Å²) >= 11 is 0. The maximum atomic E-state index is 11.9. The predicted octanol–water partition coefficient (Wildman–Crippen LogP) is 1.88. The van der Waals surface area contributed by atoms with Crippen molar-refractivity contribution in [3.63, 3.8) is 0 Å². The van der Waals surface area contributed by atoms with Crippen molar-refractivity contribution < 1.29 is 13.2 Å². The highest BCUT2D eigenvalue weighted by Gasteiger charge is 2.25. The van der Waals surface area contributed by atoms with E-state index >= 15 is 0 Å². The Bertz CT molecular complexity index is 493. The average Bonchev–Trinajstić information content (AvgIpc) is 2.71. The smallest absolute Gasteiger partial charge is 0.367 e. The van der Waals surface area contributed by atoms with Crippen LogP contribution in [-0.2, 0) is 0 Å². The molecule has 2 heterocycles. The zero-order chi connectivity index (χ0) is 12.3. The Kier molecular flexibility index (Phi) is 3.12. The van der Waals surface area contributed by atoms with E-state index in [1.165, 1.54) is 12.5 Å². The van der Waals surface area contributed by atoms with Crippen LogP contribution in [0.4, 0.5) is 19.0 Å². The van der Waals surface area contributed by atoms with Crippen molar-refractivity contribution in [3.05, 3.63) is 18.7 Å². The van der Waals surface area contributed by atoms with Crippen molar-refractivity contribution in [2.45, 2.75) is 19.0 Å². The molecule has 2 aromatic heterocycles. The van der Waals surface area contributed by atoms with Gasteiger partial charge in [-0.15, -0.1) is 10.2 Å². The molecule has 0 atom stereocenters. The fourth-order valence-corrected chi connectivity index (χ4v) is 1.38. The molecule has 0 saturated carbocycles. The first kappa shape index (κ1) is 11.6. The number of rotatable bonds is 4. The van der Waals surface area contributed by atoms with Gasteiger partial charge < -0.3 is 5.32 Å². The van der Waals surface area contributed by atoms with E-state index in [1.807, 2.05) is 0 Å². The lowest BCUT2D eigenvalue weighted by atomic mass is 10.3. The van der Waals surface area contributed by atoms with E-state index in [0.717, 1.165) is 0 Å². The molecular weight excluding hydrogens is 235 g/mol. The van der Waals surface area contributed by atoms with Crippen LogP contribution in [0.3, 0.4) is 0 Å². The van der Waals surface area contributed by atoms with Gasteiger partial charge in [-0.2, -0.15) is 13.2 Å². The molecule has 0 aliphatic heterocycles. The first-order valence-corrected chi connectivity index (χ1v) is 5.01. The minimum atomic E-state index is -4.12. The molecular formula is C9H10F3N5. The Morgan fingerprint density at radius 3 is 2.94 bits per heavy atom. The fraction of sp³-hybridized carbons (Fsp3) is 0.444. The number of halogens is 3. The van der Waals surface area contributed by atoms with Crippen LogP contribution in [0.2, 0.25) is 0 Å². The van der Waals surface area contributed by atoms with Gasteiger partial charge in [-0.3, -0.25) is 4.40 Å². The van der Waals surface area contributed by atoms with Crippen LogP contribution in [0.15, 0.2) is 18.7 Å². The van der Waals surface area contributed by atoms with Gasteiger partial charge in [-0.1, -0.05) is 0 Å². The number of hydrogen-bond donors (Lipinski definition) is 1. The third-order valence-corrected chi connectivity index (χ3v) is 2.15. The minimum Gasteiger partial charge on any atom is -0.367 e. The summed E-state index contributed by atoms with van der Waals surface area (Å²) in [5, 5.41) is 10.3. The van der Waals surface area contributed by atoms with Crippen molar-refractivity contribution in [2.75, 3.05) is 11.9 Å². The summed E-state index contributed by atoms with van der Waals surface area (Å²) in [6.45, 7) is 0.193. The summed E-state index contributed by atoms with van der Waals surface area (Å²) in [5.74, 6) is 0.437. The Balaban J connectivity index is 1.93. The molecule has 92 valence electrons. The molecule has 0 bridgehead atoms. The van der Waals surface area contributed by atoms with E-state index in [-0.39, 0.29) is 13.0 Å². The Morgan fingerprint density at radius 2 is 2.18 bits per heavy atom. The van der Waals surface area contributed by atoms with Crippen molar-refractivity contribution in [3.8, 4) is 0 Å². The third-order valence-electron chi connectivity index (χ3n) is 2.15. The largest absolute Gasteiger partial charge is 0.389 e. The van der Waals surface area contributed by atoms with Crippen LogP contribution in [0.25, 0.3) is 5.65 Å². The molecule has 0 aromatic carbocycles. The predicted molar refractivity (Wildman–Crippen MR) is 54.6 cm³/mol. The average molecular weight is 245 g/mol.